The Kier molecular flexibility index (Phi) is 56.2. The molecule has 1 fully saturated rings. The van der Waals surface area contributed by atoms with Gasteiger partial charge < -0.3 is 49.8 Å². The summed E-state index contributed by atoms with van der Waals surface area (Å²) in [7, 11) is 6.28. The molecule has 0 unspecified atom stereocenters. The van der Waals surface area contributed by atoms with Gasteiger partial charge in [0.05, 0.1) is 79.0 Å². The van der Waals surface area contributed by atoms with Crippen LogP contribution in [-0.2, 0) is 9.53 Å². The molecule has 5 aromatic carbocycles. The van der Waals surface area contributed by atoms with Crippen LogP contribution >= 0.6 is 79.4 Å². The van der Waals surface area contributed by atoms with Gasteiger partial charge in [0.15, 0.2) is 31.2 Å². The number of thiazole rings is 6. The molecule has 16 rings (SSSR count). The van der Waals surface area contributed by atoms with Gasteiger partial charge in [-0.15, -0.1) is 68.0 Å². The predicted octanol–water partition coefficient (Wildman–Crippen LogP) is 30.4. The first-order valence-corrected chi connectivity index (χ1v) is 53.7. The second-order valence-electron chi connectivity index (χ2n) is 36.3. The Balaban J connectivity index is 0.000000322. The summed E-state index contributed by atoms with van der Waals surface area (Å²) in [6.07, 6.45) is 3.00. The van der Waals surface area contributed by atoms with Gasteiger partial charge >= 0.3 is 23.9 Å². The van der Waals surface area contributed by atoms with Gasteiger partial charge in [-0.3, -0.25) is 25.3 Å². The average molecular weight is 2080 g/mol. The van der Waals surface area contributed by atoms with E-state index in [4.69, 9.17) is 29.1 Å². The standard InChI is InChI=1S/C10H11NO2.2C10H14O.C9H13N3OS.C9H11N3.C9H12O.C8H13N3OS.C8H12N2O2S.C8H12N2OS.C7H10O.C7H10S.C6H10N2S.C6H9NS/c1-6(2)7-3-4-9-8(5-7)11-10(12)13-9;1-8(2)9-4-6-10(11-3)7-5-9;1-8(2)9-5-4-6-10(7-9)11-3;1-6(2)7-5-14-9(11-7)12-4-3-10-8(12)13;1-6(2)7-3-4-8-9(5-7)11-12-10-8;1-7(2)8-3-5-9(10)6-4-8;1-5(2)6-4-13-8(10-6)11-7(12)9-3;1-5(2)6-4-13-7(9-6)10-8(11)12-3;1-5(2)7-4-12-8(10-7)9-6(3)11;2*1-6(2)7-3-4-8-5-7;1-4(2)5-3-9-6(7)8-5;1-5(2)6-3-8-4-7-6/h3-6H,1-2H3,(H,11,12);2*4-8H,1-3H3;5-6H,3-4H2,1-2H3,(H,10,13);3-6H,1-2H3,(H,10,11,12);3-7,10H,1-2H3;4-5H,1-3H3,(H2,9,10,11,12);4-5H,1-3H3,(H,9,10,11);4-5H,1-3H3,(H,9,10,11);2*3-6H,1-2H3;3-4H,1-2H3,(H2,7,8);3-5H,1-2H3. The number of anilines is 5. The summed E-state index contributed by atoms with van der Waals surface area (Å²) in [6, 6.07) is 39.5. The third-order valence-electron chi connectivity index (χ3n) is 20.5. The van der Waals surface area contributed by atoms with Crippen LogP contribution in [0.3, 0.4) is 0 Å². The number of ether oxygens (including phenoxy) is 3. The highest BCUT2D eigenvalue weighted by atomic mass is 32.1. The Morgan fingerprint density at radius 1 is 0.458 bits per heavy atom. The van der Waals surface area contributed by atoms with Crippen LogP contribution < -0.4 is 52.4 Å². The minimum atomic E-state index is -0.482. The molecule has 15 aromatic rings. The number of phenols is 1. The molecule has 1 aliphatic heterocycles. The van der Waals surface area contributed by atoms with Gasteiger partial charge in [-0.25, -0.2) is 49.1 Å². The number of H-pyrrole nitrogens is 2. The van der Waals surface area contributed by atoms with Crippen LogP contribution in [-0.4, -0.2) is 121 Å². The fourth-order valence-corrected chi connectivity index (χ4v) is 17.2. The number of aromatic amines is 2. The molecule has 0 aliphatic carbocycles. The number of nitrogens with two attached hydrogens (primary N) is 1. The monoisotopic (exact) mass is 2070 g/mol. The van der Waals surface area contributed by atoms with Crippen molar-refractivity contribution < 1.29 is 47.3 Å². The van der Waals surface area contributed by atoms with Crippen molar-refractivity contribution in [1.29, 1.82) is 0 Å². The molecule has 0 radical (unpaired) electrons. The molecule has 0 saturated carbocycles. The first kappa shape index (κ1) is 122. The maximum Gasteiger partial charge on any atom is 0.417 e. The molecule has 11 heterocycles. The number of aromatic nitrogens is 10. The average Bonchev–Trinajstić information content (AvgIpc) is 1.68. The zero-order chi connectivity index (χ0) is 106. The number of rotatable bonds is 19. The Labute approximate surface area is 868 Å². The van der Waals surface area contributed by atoms with E-state index in [0.29, 0.717) is 109 Å². The highest BCUT2D eigenvalue weighted by molar-refractivity contribution is 7.15. The number of hydrogen-bond acceptors (Lipinski definition) is 27. The lowest BCUT2D eigenvalue weighted by molar-refractivity contribution is -0.114. The van der Waals surface area contributed by atoms with Gasteiger partial charge in [0, 0.05) is 59.3 Å². The van der Waals surface area contributed by atoms with Crippen molar-refractivity contribution >= 4 is 151 Å². The van der Waals surface area contributed by atoms with Crippen molar-refractivity contribution in [3.05, 3.63) is 266 Å². The molecule has 142 heavy (non-hydrogen) atoms. The van der Waals surface area contributed by atoms with Crippen LogP contribution in [0.25, 0.3) is 22.1 Å². The number of aromatic hydroxyl groups is 1. The van der Waals surface area contributed by atoms with E-state index in [1.165, 1.54) is 115 Å². The molecule has 10 aromatic heterocycles. The number of benzene rings is 5. The molecule has 35 heteroatoms. The number of nitrogens with zero attached hydrogens (tertiary/aromatic N) is 9. The van der Waals surface area contributed by atoms with Gasteiger partial charge in [0.1, 0.15) is 28.3 Å². The van der Waals surface area contributed by atoms with Crippen LogP contribution in [0.4, 0.5) is 40.0 Å². The highest BCUT2D eigenvalue weighted by Crippen LogP contribution is 2.30. The lowest BCUT2D eigenvalue weighted by Crippen LogP contribution is -2.27. The molecule has 0 spiro atoms. The van der Waals surface area contributed by atoms with Crippen molar-refractivity contribution in [2.24, 2.45) is 0 Å². The first-order valence-electron chi connectivity index (χ1n) is 47.4. The Bertz CT molecular complexity index is 5870. The van der Waals surface area contributed by atoms with Crippen molar-refractivity contribution in [2.75, 3.05) is 68.1 Å². The summed E-state index contributed by atoms with van der Waals surface area (Å²) in [5.41, 5.74) is 26.1. The van der Waals surface area contributed by atoms with Gasteiger partial charge in [-0.1, -0.05) is 229 Å². The minimum Gasteiger partial charge on any atom is -0.508 e. The maximum absolute atomic E-state index is 11.3. The second-order valence-corrected chi connectivity index (χ2v) is 42.1. The van der Waals surface area contributed by atoms with Crippen molar-refractivity contribution in [3.8, 4) is 17.2 Å². The zero-order valence-corrected chi connectivity index (χ0v) is 94.0. The van der Waals surface area contributed by atoms with Gasteiger partial charge in [-0.2, -0.15) is 26.7 Å². The first-order chi connectivity index (χ1) is 67.3. The SMILES string of the molecule is CC(=O)Nc1nc(C(C)C)cs1.CC(C)c1ccc(O)cc1.CC(C)c1ccc2n[nH]nc2c1.CC(C)c1ccc2oc(=O)[nH]c2c1.CC(C)c1ccoc1.CC(C)c1ccsc1.CC(C)c1csc(N)n1.CC(C)c1csc(N2CCNC2=O)n1.CC(C)c1cscn1.CNC(=O)Nc1nc(C(C)C)cs1.COC(=O)Nc1nc(C(C)C)cs1.COc1ccc(C(C)C)cc1.COc1cccc(C(C)C)c1. The Morgan fingerprint density at radius 3 is 1.33 bits per heavy atom. The zero-order valence-electron chi connectivity index (χ0n) is 88.3. The number of thiophene rings is 1. The third kappa shape index (κ3) is 46.8. The van der Waals surface area contributed by atoms with Crippen molar-refractivity contribution in [1.82, 2.24) is 60.9 Å². The molecule has 28 nitrogen and oxygen atoms in total. The predicted molar refractivity (Wildman–Crippen MR) is 597 cm³/mol. The molecule has 0 bridgehead atoms. The van der Waals surface area contributed by atoms with E-state index in [2.05, 4.69) is 320 Å². The molecule has 0 atom stereocenters. The summed E-state index contributed by atoms with van der Waals surface area (Å²) in [5.74, 6) is 8.45. The van der Waals surface area contributed by atoms with Gasteiger partial charge in [0.2, 0.25) is 5.91 Å². The van der Waals surface area contributed by atoms with E-state index < -0.39 is 11.8 Å². The summed E-state index contributed by atoms with van der Waals surface area (Å²) >= 11 is 10.8. The normalized spacial score (nSPS) is 11.1. The molecule has 772 valence electrons. The minimum absolute atomic E-state index is 0.0327. The van der Waals surface area contributed by atoms with Crippen LogP contribution in [0.5, 0.6) is 17.2 Å². The molecule has 1 saturated heterocycles. The van der Waals surface area contributed by atoms with Gasteiger partial charge in [0.25, 0.3) is 0 Å². The Morgan fingerprint density at radius 2 is 0.930 bits per heavy atom. The number of phenolic OH excluding ortho intramolecular Hbond substituents is 1. The van der Waals surface area contributed by atoms with E-state index in [0.717, 1.165) is 74.7 Å². The smallest absolute Gasteiger partial charge is 0.417 e. The van der Waals surface area contributed by atoms with E-state index in [1.54, 1.807) is 73.5 Å². The van der Waals surface area contributed by atoms with E-state index in [-0.39, 0.29) is 18.0 Å². The van der Waals surface area contributed by atoms with E-state index in [9.17, 15) is 24.0 Å². The second kappa shape index (κ2) is 65.2. The van der Waals surface area contributed by atoms with Crippen LogP contribution in [0, 0.1) is 0 Å². The fraction of sp³-hybridized carbons (Fsp3) is 0.430. The summed E-state index contributed by atoms with van der Waals surface area (Å²) in [6.45, 7) is 58.3. The lowest BCUT2D eigenvalue weighted by Gasteiger charge is -2.08. The topological polar surface area (TPSA) is 384 Å². The summed E-state index contributed by atoms with van der Waals surface area (Å²) < 4.78 is 24.4. The number of furan rings is 1. The Hall–Kier alpha value is -12.0. The number of carbonyl (C=O) groups is 4. The summed E-state index contributed by atoms with van der Waals surface area (Å²) in [4.78, 5) is 84.2. The number of carbonyl (C=O) groups excluding carboxylic acids is 4. The van der Waals surface area contributed by atoms with Crippen molar-refractivity contribution in [3.63, 3.8) is 0 Å². The van der Waals surface area contributed by atoms with Crippen LogP contribution in [0.2, 0.25) is 0 Å². The quantitative estimate of drug-likeness (QED) is 0.0363. The fourth-order valence-electron chi connectivity index (χ4n) is 11.3. The van der Waals surface area contributed by atoms with E-state index in [1.807, 2.05) is 99.1 Å². The number of fused-ring (bicyclic) bond motifs is 2. The lowest BCUT2D eigenvalue weighted by atomic mass is 10.0. The molecule has 6 amide bonds. The molecular weight excluding hydrogens is 1920 g/mol. The number of amides is 6. The molecule has 10 N–H and O–H groups in total. The third-order valence-corrected chi connectivity index (χ3v) is 25.7. The maximum atomic E-state index is 11.3. The molecule has 1 aliphatic rings. The number of hydrogen-bond donors (Lipinski definition) is 9. The van der Waals surface area contributed by atoms with E-state index >= 15 is 0 Å². The number of urea groups is 2. The largest absolute Gasteiger partial charge is 0.508 e. The van der Waals surface area contributed by atoms with Crippen LogP contribution in [0.1, 0.15) is 337 Å². The number of nitrogen functional groups attached to an aromatic ring is 1. The number of methoxy groups -OCH3 is 3. The summed E-state index contributed by atoms with van der Waals surface area (Å²) in [5, 5.41) is 52.2. The number of oxazole rings is 1. The molecular formula is C107H151N17O11S7. The number of nitrogens with one attached hydrogen (secondary N) is 7. The van der Waals surface area contributed by atoms with Crippen LogP contribution in [0.15, 0.2) is 196 Å². The van der Waals surface area contributed by atoms with Gasteiger partial charge in [-0.05, 0) is 199 Å². The van der Waals surface area contributed by atoms with Crippen molar-refractivity contribution in [2.45, 2.75) is 264 Å². The highest BCUT2D eigenvalue weighted by Gasteiger charge is 2.24.